The fourth-order valence-corrected chi connectivity index (χ4v) is 4.21. The zero-order valence-electron chi connectivity index (χ0n) is 16.1. The molecule has 0 aliphatic carbocycles. The van der Waals surface area contributed by atoms with Crippen molar-refractivity contribution in [2.45, 2.75) is 32.2 Å². The second-order valence-corrected chi connectivity index (χ2v) is 8.28. The Morgan fingerprint density at radius 1 is 1.36 bits per heavy atom. The summed E-state index contributed by atoms with van der Waals surface area (Å²) in [4.78, 5) is 37.7. The van der Waals surface area contributed by atoms with E-state index >= 15 is 0 Å². The van der Waals surface area contributed by atoms with Gasteiger partial charge in [0.05, 0.1) is 13.3 Å². The molecule has 1 aliphatic heterocycles. The summed E-state index contributed by atoms with van der Waals surface area (Å²) in [5.41, 5.74) is 5.31. The second-order valence-electron chi connectivity index (χ2n) is 7.08. The van der Waals surface area contributed by atoms with E-state index in [0.717, 1.165) is 38.2 Å². The van der Waals surface area contributed by atoms with Gasteiger partial charge in [0.25, 0.3) is 5.56 Å². The fraction of sp³-hybridized carbons (Fsp3) is 0.611. The molecule has 1 fully saturated rings. The number of methoxy groups -OCH3 is 1. The lowest BCUT2D eigenvalue weighted by atomic mass is 9.94. The number of aryl methyl sites for hydroxylation is 1. The Bertz CT molecular complexity index is 852. The first kappa shape index (κ1) is 20.9. The summed E-state index contributed by atoms with van der Waals surface area (Å²) in [6.45, 7) is 2.63. The Morgan fingerprint density at radius 3 is 2.75 bits per heavy atom. The van der Waals surface area contributed by atoms with Crippen molar-refractivity contribution >= 4 is 25.0 Å². The minimum absolute atomic E-state index is 0.218. The van der Waals surface area contributed by atoms with Crippen LogP contribution in [0.25, 0.3) is 10.8 Å². The predicted molar refractivity (Wildman–Crippen MR) is 110 cm³/mol. The van der Waals surface area contributed by atoms with Crippen molar-refractivity contribution in [3.8, 4) is 5.88 Å². The van der Waals surface area contributed by atoms with Crippen LogP contribution in [-0.2, 0) is 6.54 Å². The Morgan fingerprint density at radius 2 is 2.11 bits per heavy atom. The molecule has 2 aromatic heterocycles. The maximum atomic E-state index is 12.8. The van der Waals surface area contributed by atoms with Gasteiger partial charge in [0.1, 0.15) is 11.2 Å². The van der Waals surface area contributed by atoms with Gasteiger partial charge in [0.2, 0.25) is 5.88 Å². The van der Waals surface area contributed by atoms with Crippen molar-refractivity contribution in [1.82, 2.24) is 14.8 Å². The van der Waals surface area contributed by atoms with Crippen LogP contribution in [0.3, 0.4) is 0 Å². The number of hydrogen-bond donors (Lipinski definition) is 3. The van der Waals surface area contributed by atoms with E-state index in [1.807, 2.05) is 6.07 Å². The van der Waals surface area contributed by atoms with Crippen LogP contribution in [0, 0.1) is 5.92 Å². The highest BCUT2D eigenvalue weighted by molar-refractivity contribution is 7.45. The maximum absolute atomic E-state index is 12.8. The summed E-state index contributed by atoms with van der Waals surface area (Å²) in [6, 6.07) is 1.89. The van der Waals surface area contributed by atoms with Crippen molar-refractivity contribution in [3.05, 3.63) is 22.6 Å². The number of piperidine rings is 1. The summed E-state index contributed by atoms with van der Waals surface area (Å²) in [5.74, 6) is 1.59. The van der Waals surface area contributed by atoms with E-state index in [-0.39, 0.29) is 5.56 Å². The molecule has 0 atom stereocenters. The van der Waals surface area contributed by atoms with Gasteiger partial charge in [-0.05, 0) is 44.2 Å². The molecule has 0 unspecified atom stereocenters. The molecule has 0 amide bonds. The quantitative estimate of drug-likeness (QED) is 0.552. The molecule has 4 N–H and O–H groups in total. The predicted octanol–water partition coefficient (Wildman–Crippen LogP) is 1.05. The smallest absolute Gasteiger partial charge is 0.280 e. The lowest BCUT2D eigenvalue weighted by Gasteiger charge is -2.33. The van der Waals surface area contributed by atoms with E-state index in [2.05, 4.69) is 15.0 Å². The van der Waals surface area contributed by atoms with Gasteiger partial charge in [-0.3, -0.25) is 4.79 Å². The number of ether oxygens (including phenoxy) is 1. The first-order valence-corrected chi connectivity index (χ1v) is 11.0. The van der Waals surface area contributed by atoms with Crippen molar-refractivity contribution in [2.24, 2.45) is 11.7 Å². The van der Waals surface area contributed by atoms with E-state index in [9.17, 15) is 4.79 Å². The lowest BCUT2D eigenvalue weighted by Crippen LogP contribution is -2.34. The van der Waals surface area contributed by atoms with Crippen LogP contribution in [-0.4, -0.2) is 57.5 Å². The Balaban J connectivity index is 1.81. The number of nitrogens with two attached hydrogens (primary N) is 1. The van der Waals surface area contributed by atoms with E-state index in [1.54, 1.807) is 6.20 Å². The number of pyridine rings is 1. The second kappa shape index (κ2) is 9.60. The molecule has 1 aliphatic rings. The fourth-order valence-electron chi connectivity index (χ4n) is 3.62. The number of fused-ring (bicyclic) bond motifs is 1. The number of aromatic nitrogens is 3. The van der Waals surface area contributed by atoms with Gasteiger partial charge >= 0.3 is 0 Å². The third-order valence-corrected chi connectivity index (χ3v) is 5.89. The van der Waals surface area contributed by atoms with Gasteiger partial charge in [-0.25, -0.2) is 4.68 Å². The van der Waals surface area contributed by atoms with Crippen LogP contribution in [0.15, 0.2) is 17.1 Å². The third-order valence-electron chi connectivity index (χ3n) is 5.23. The summed E-state index contributed by atoms with van der Waals surface area (Å²) in [6.07, 6.45) is 5.62. The van der Waals surface area contributed by atoms with Crippen molar-refractivity contribution in [3.63, 3.8) is 0 Å². The largest absolute Gasteiger partial charge is 0.480 e. The van der Waals surface area contributed by atoms with Crippen LogP contribution < -0.4 is 20.9 Å². The minimum atomic E-state index is -1.80. The molecule has 0 spiro atoms. The average molecular weight is 409 g/mol. The summed E-state index contributed by atoms with van der Waals surface area (Å²) >= 11 is 0. The van der Waals surface area contributed by atoms with E-state index < -0.39 is 8.38 Å². The Hall–Kier alpha value is -1.80. The standard InChI is InChI=1S/C18H28N5O4P/c1-27-17-16-14(12-20-23(18(16)24)7-2-6-19)11-15(21-17)22-8-3-13(4-9-22)5-10-28(25)26/h11-13,25-26H,2-10,19H2,1H3. The molecule has 0 saturated carbocycles. The van der Waals surface area contributed by atoms with Crippen LogP contribution in [0.1, 0.15) is 25.7 Å². The average Bonchev–Trinajstić information content (AvgIpc) is 2.71. The number of rotatable bonds is 8. The topological polar surface area (TPSA) is 127 Å². The molecule has 9 nitrogen and oxygen atoms in total. The molecule has 1 saturated heterocycles. The molecule has 28 heavy (non-hydrogen) atoms. The van der Waals surface area contributed by atoms with Crippen molar-refractivity contribution in [2.75, 3.05) is 37.8 Å². The van der Waals surface area contributed by atoms with E-state index in [0.29, 0.717) is 48.2 Å². The summed E-state index contributed by atoms with van der Waals surface area (Å²) < 4.78 is 6.83. The van der Waals surface area contributed by atoms with Crippen molar-refractivity contribution in [1.29, 1.82) is 0 Å². The van der Waals surface area contributed by atoms with E-state index in [4.69, 9.17) is 20.3 Å². The first-order valence-electron chi connectivity index (χ1n) is 9.58. The van der Waals surface area contributed by atoms with Crippen LogP contribution >= 0.6 is 8.38 Å². The molecule has 0 bridgehead atoms. The van der Waals surface area contributed by atoms with Crippen LogP contribution in [0.4, 0.5) is 5.82 Å². The van der Waals surface area contributed by atoms with Crippen LogP contribution in [0.5, 0.6) is 5.88 Å². The molecular formula is C18H28N5O4P. The van der Waals surface area contributed by atoms with Gasteiger partial charge < -0.3 is 25.2 Å². The van der Waals surface area contributed by atoms with Gasteiger partial charge in [-0.1, -0.05) is 0 Å². The molecule has 0 aromatic carbocycles. The monoisotopic (exact) mass is 409 g/mol. The zero-order chi connectivity index (χ0) is 20.1. The summed E-state index contributed by atoms with van der Waals surface area (Å²) in [5, 5.41) is 5.41. The number of anilines is 1. The SMILES string of the molecule is COc1nc(N2CCC(CCP(O)O)CC2)cc2cnn(CCCN)c(=O)c12. The molecule has 10 heteroatoms. The highest BCUT2D eigenvalue weighted by atomic mass is 31.2. The Labute approximate surface area is 165 Å². The third kappa shape index (κ3) is 4.78. The first-order chi connectivity index (χ1) is 13.5. The molecule has 2 aromatic rings. The van der Waals surface area contributed by atoms with E-state index in [1.165, 1.54) is 11.8 Å². The van der Waals surface area contributed by atoms with Crippen LogP contribution in [0.2, 0.25) is 0 Å². The molecule has 154 valence electrons. The van der Waals surface area contributed by atoms with Crippen molar-refractivity contribution < 1.29 is 14.5 Å². The van der Waals surface area contributed by atoms with Gasteiger partial charge in [-0.2, -0.15) is 10.1 Å². The zero-order valence-corrected chi connectivity index (χ0v) is 17.0. The number of nitrogens with zero attached hydrogens (tertiary/aromatic N) is 4. The molecule has 0 radical (unpaired) electrons. The highest BCUT2D eigenvalue weighted by Gasteiger charge is 2.22. The molecule has 3 heterocycles. The van der Waals surface area contributed by atoms with Gasteiger partial charge in [0.15, 0.2) is 8.38 Å². The normalized spacial score (nSPS) is 15.5. The van der Waals surface area contributed by atoms with Gasteiger partial charge in [-0.15, -0.1) is 0 Å². The Kier molecular flexibility index (Phi) is 7.18. The lowest BCUT2D eigenvalue weighted by molar-refractivity contribution is 0.382. The number of hydrogen-bond acceptors (Lipinski definition) is 8. The summed E-state index contributed by atoms with van der Waals surface area (Å²) in [7, 11) is -0.287. The molecule has 3 rings (SSSR count). The van der Waals surface area contributed by atoms with Gasteiger partial charge in [0, 0.05) is 31.2 Å². The maximum Gasteiger partial charge on any atom is 0.280 e. The highest BCUT2D eigenvalue weighted by Crippen LogP contribution is 2.32. The molecular weight excluding hydrogens is 381 g/mol. The minimum Gasteiger partial charge on any atom is -0.480 e.